The minimum atomic E-state index is -0.458. The summed E-state index contributed by atoms with van der Waals surface area (Å²) in [7, 11) is 0. The highest BCUT2D eigenvalue weighted by molar-refractivity contribution is 5.89. The fourth-order valence-electron chi connectivity index (χ4n) is 1.69. The van der Waals surface area contributed by atoms with Crippen molar-refractivity contribution in [1.82, 2.24) is 4.90 Å². The number of amides is 2. The van der Waals surface area contributed by atoms with Gasteiger partial charge >= 0.3 is 6.03 Å². The molecule has 2 rings (SSSR count). The lowest BCUT2D eigenvalue weighted by Gasteiger charge is -2.21. The molecule has 2 N–H and O–H groups in total. The van der Waals surface area contributed by atoms with Crippen molar-refractivity contribution in [3.05, 3.63) is 30.1 Å². The molecule has 0 atom stereocenters. The fraction of sp³-hybridized carbons (Fsp3) is 0.417. The van der Waals surface area contributed by atoms with Gasteiger partial charge in [0.15, 0.2) is 0 Å². The Morgan fingerprint density at radius 2 is 2.18 bits per heavy atom. The van der Waals surface area contributed by atoms with E-state index >= 15 is 0 Å². The molecule has 0 spiro atoms. The van der Waals surface area contributed by atoms with Crippen LogP contribution >= 0.6 is 0 Å². The van der Waals surface area contributed by atoms with E-state index in [2.05, 4.69) is 5.32 Å². The Morgan fingerprint density at radius 1 is 1.47 bits per heavy atom. The monoisotopic (exact) mass is 238 g/mol. The summed E-state index contributed by atoms with van der Waals surface area (Å²) in [6.07, 6.45) is 1.90. The van der Waals surface area contributed by atoms with Gasteiger partial charge in [-0.15, -0.1) is 0 Å². The summed E-state index contributed by atoms with van der Waals surface area (Å²) in [4.78, 5) is 13.4. The van der Waals surface area contributed by atoms with Crippen LogP contribution in [0.25, 0.3) is 0 Å². The molecular weight excluding hydrogens is 223 g/mol. The summed E-state index contributed by atoms with van der Waals surface area (Å²) < 4.78 is 13.3. The van der Waals surface area contributed by atoms with Crippen molar-refractivity contribution in [3.8, 4) is 0 Å². The summed E-state index contributed by atoms with van der Waals surface area (Å²) in [5.41, 5.74) is 0.168. The number of hydrogen-bond donors (Lipinski definition) is 2. The third-order valence-corrected chi connectivity index (χ3v) is 2.70. The summed E-state index contributed by atoms with van der Waals surface area (Å²) in [5.74, 6) is -0.458. The number of hydrogen-bond acceptors (Lipinski definition) is 2. The minimum Gasteiger partial charge on any atom is -0.395 e. The first-order chi connectivity index (χ1) is 8.22. The number of carbonyl (C=O) groups excluding carboxylic acids is 1. The average molecular weight is 238 g/mol. The number of nitrogens with zero attached hydrogens (tertiary/aromatic N) is 1. The molecule has 0 heterocycles. The molecule has 0 bridgehead atoms. The van der Waals surface area contributed by atoms with E-state index < -0.39 is 5.82 Å². The molecule has 1 aliphatic rings. The van der Waals surface area contributed by atoms with Gasteiger partial charge in [-0.05, 0) is 25.0 Å². The topological polar surface area (TPSA) is 52.6 Å². The van der Waals surface area contributed by atoms with Crippen molar-refractivity contribution in [1.29, 1.82) is 0 Å². The van der Waals surface area contributed by atoms with Crippen LogP contribution in [0.3, 0.4) is 0 Å². The van der Waals surface area contributed by atoms with Crippen LogP contribution in [0.4, 0.5) is 14.9 Å². The van der Waals surface area contributed by atoms with Crippen LogP contribution in [0.2, 0.25) is 0 Å². The van der Waals surface area contributed by atoms with E-state index in [0.717, 1.165) is 12.8 Å². The van der Waals surface area contributed by atoms with Gasteiger partial charge in [0.1, 0.15) is 5.82 Å². The lowest BCUT2D eigenvalue weighted by Crippen LogP contribution is -2.38. The first-order valence-electron chi connectivity index (χ1n) is 5.65. The second-order valence-electron chi connectivity index (χ2n) is 4.06. The van der Waals surface area contributed by atoms with E-state index in [1.165, 1.54) is 12.1 Å². The van der Waals surface area contributed by atoms with Gasteiger partial charge in [0.05, 0.1) is 12.3 Å². The Hall–Kier alpha value is -1.62. The highest BCUT2D eigenvalue weighted by Gasteiger charge is 2.32. The van der Waals surface area contributed by atoms with Gasteiger partial charge in [0.2, 0.25) is 0 Å². The van der Waals surface area contributed by atoms with Crippen LogP contribution < -0.4 is 5.32 Å². The normalized spacial score (nSPS) is 14.5. The maximum atomic E-state index is 13.3. The molecule has 0 aromatic heterocycles. The number of halogens is 1. The molecule has 1 fully saturated rings. The van der Waals surface area contributed by atoms with E-state index in [-0.39, 0.29) is 30.9 Å². The van der Waals surface area contributed by atoms with Gasteiger partial charge < -0.3 is 15.3 Å². The number of benzene rings is 1. The zero-order chi connectivity index (χ0) is 12.3. The Morgan fingerprint density at radius 3 is 2.76 bits per heavy atom. The maximum absolute atomic E-state index is 13.3. The Labute approximate surface area is 99.0 Å². The van der Waals surface area contributed by atoms with Crippen molar-refractivity contribution in [2.75, 3.05) is 18.5 Å². The van der Waals surface area contributed by atoms with E-state index in [1.54, 1.807) is 17.0 Å². The molecule has 2 amide bonds. The lowest BCUT2D eigenvalue weighted by atomic mass is 10.3. The first-order valence-corrected chi connectivity index (χ1v) is 5.65. The van der Waals surface area contributed by atoms with Crippen molar-refractivity contribution in [2.45, 2.75) is 18.9 Å². The molecule has 1 aromatic rings. The molecule has 0 aliphatic heterocycles. The smallest absolute Gasteiger partial charge is 0.322 e. The average Bonchev–Trinajstić information content (AvgIpc) is 3.13. The highest BCUT2D eigenvalue weighted by Crippen LogP contribution is 2.27. The molecule has 1 saturated carbocycles. The van der Waals surface area contributed by atoms with E-state index in [9.17, 15) is 9.18 Å². The van der Waals surface area contributed by atoms with Crippen molar-refractivity contribution in [3.63, 3.8) is 0 Å². The van der Waals surface area contributed by atoms with Gasteiger partial charge in [-0.1, -0.05) is 12.1 Å². The Balaban J connectivity index is 2.02. The molecule has 92 valence electrons. The van der Waals surface area contributed by atoms with Crippen LogP contribution in [0.5, 0.6) is 0 Å². The Kier molecular flexibility index (Phi) is 3.58. The maximum Gasteiger partial charge on any atom is 0.322 e. The van der Waals surface area contributed by atoms with Gasteiger partial charge in [0, 0.05) is 12.6 Å². The van der Waals surface area contributed by atoms with E-state index in [4.69, 9.17) is 5.11 Å². The number of aliphatic hydroxyl groups is 1. The number of para-hydroxylation sites is 1. The molecule has 5 heteroatoms. The van der Waals surface area contributed by atoms with Gasteiger partial charge in [-0.3, -0.25) is 0 Å². The molecule has 0 radical (unpaired) electrons. The zero-order valence-electron chi connectivity index (χ0n) is 9.40. The second kappa shape index (κ2) is 5.14. The minimum absolute atomic E-state index is 0.0822. The molecule has 1 aliphatic carbocycles. The van der Waals surface area contributed by atoms with Crippen molar-refractivity contribution in [2.24, 2.45) is 0 Å². The van der Waals surface area contributed by atoms with Gasteiger partial charge in [-0.2, -0.15) is 0 Å². The number of anilines is 1. The standard InChI is InChI=1S/C12H15FN2O2/c13-10-3-1-2-4-11(10)14-12(17)15(7-8-16)9-5-6-9/h1-4,9,16H,5-8H2,(H,14,17). The van der Waals surface area contributed by atoms with Gasteiger partial charge in [0.25, 0.3) is 0 Å². The largest absolute Gasteiger partial charge is 0.395 e. The predicted molar refractivity (Wildman–Crippen MR) is 62.2 cm³/mol. The molecule has 0 saturated heterocycles. The third-order valence-electron chi connectivity index (χ3n) is 2.70. The number of nitrogens with one attached hydrogen (secondary N) is 1. The summed E-state index contributed by atoms with van der Waals surface area (Å²) in [5, 5.41) is 11.4. The third kappa shape index (κ3) is 2.94. The molecule has 4 nitrogen and oxygen atoms in total. The highest BCUT2D eigenvalue weighted by atomic mass is 19.1. The Bertz CT molecular complexity index is 407. The van der Waals surface area contributed by atoms with Crippen LogP contribution in [0.15, 0.2) is 24.3 Å². The zero-order valence-corrected chi connectivity index (χ0v) is 9.40. The van der Waals surface area contributed by atoms with Crippen LogP contribution in [-0.4, -0.2) is 35.2 Å². The molecule has 0 unspecified atom stereocenters. The van der Waals surface area contributed by atoms with Gasteiger partial charge in [-0.25, -0.2) is 9.18 Å². The summed E-state index contributed by atoms with van der Waals surface area (Å²) in [6.45, 7) is 0.201. The van der Waals surface area contributed by atoms with E-state index in [1.807, 2.05) is 0 Å². The molecular formula is C12H15FN2O2. The van der Waals surface area contributed by atoms with E-state index in [0.29, 0.717) is 0 Å². The summed E-state index contributed by atoms with van der Waals surface area (Å²) in [6, 6.07) is 5.87. The number of rotatable bonds is 4. The van der Waals surface area contributed by atoms with Crippen LogP contribution in [-0.2, 0) is 0 Å². The van der Waals surface area contributed by atoms with Crippen molar-refractivity contribution >= 4 is 11.7 Å². The quantitative estimate of drug-likeness (QED) is 0.840. The second-order valence-corrected chi connectivity index (χ2v) is 4.06. The van der Waals surface area contributed by atoms with Crippen LogP contribution in [0, 0.1) is 5.82 Å². The first kappa shape index (κ1) is 11.9. The lowest BCUT2D eigenvalue weighted by molar-refractivity contribution is 0.185. The fourth-order valence-corrected chi connectivity index (χ4v) is 1.69. The predicted octanol–water partition coefficient (Wildman–Crippen LogP) is 1.81. The number of urea groups is 1. The van der Waals surface area contributed by atoms with Crippen LogP contribution in [0.1, 0.15) is 12.8 Å². The summed E-state index contributed by atoms with van der Waals surface area (Å²) >= 11 is 0. The molecule has 17 heavy (non-hydrogen) atoms. The van der Waals surface area contributed by atoms with Crippen molar-refractivity contribution < 1.29 is 14.3 Å². The number of aliphatic hydroxyl groups excluding tert-OH is 1. The molecule has 1 aromatic carbocycles. The number of carbonyl (C=O) groups is 1. The SMILES string of the molecule is O=C(Nc1ccccc1F)N(CCO)C1CC1.